The topological polar surface area (TPSA) is 125 Å². The van der Waals surface area contributed by atoms with Crippen molar-refractivity contribution in [1.29, 1.82) is 0 Å². The molecular formula is C11H17N3O5S2. The minimum atomic E-state index is -3.76. The van der Waals surface area contributed by atoms with E-state index >= 15 is 0 Å². The first-order chi connectivity index (χ1) is 9.90. The maximum Gasteiger partial charge on any atom is 0.304 e. The monoisotopic (exact) mass is 335 g/mol. The second kappa shape index (κ2) is 6.69. The van der Waals surface area contributed by atoms with Crippen molar-refractivity contribution in [2.24, 2.45) is 5.92 Å². The van der Waals surface area contributed by atoms with Crippen LogP contribution in [0, 0.1) is 16.0 Å². The zero-order valence-electron chi connectivity index (χ0n) is 11.3. The SMILES string of the molecule is Nc1sc(S(=O)(=O)NCCCOCC2CC2)cc1[N+](=O)[O-]. The van der Waals surface area contributed by atoms with E-state index in [0.717, 1.165) is 12.7 Å². The van der Waals surface area contributed by atoms with E-state index in [9.17, 15) is 18.5 Å². The lowest BCUT2D eigenvalue weighted by Gasteiger charge is -2.05. The maximum atomic E-state index is 12.0. The number of hydrogen-bond acceptors (Lipinski definition) is 7. The van der Waals surface area contributed by atoms with Gasteiger partial charge in [-0.2, -0.15) is 0 Å². The molecule has 1 aliphatic carbocycles. The highest BCUT2D eigenvalue weighted by Gasteiger charge is 2.24. The van der Waals surface area contributed by atoms with Crippen LogP contribution in [0.3, 0.4) is 0 Å². The van der Waals surface area contributed by atoms with Crippen molar-refractivity contribution in [3.63, 3.8) is 0 Å². The fourth-order valence-electron chi connectivity index (χ4n) is 1.63. The van der Waals surface area contributed by atoms with Crippen LogP contribution in [-0.2, 0) is 14.8 Å². The third-order valence-corrected chi connectivity index (χ3v) is 5.88. The molecular weight excluding hydrogens is 318 g/mol. The Balaban J connectivity index is 1.80. The van der Waals surface area contributed by atoms with Gasteiger partial charge in [-0.05, 0) is 25.2 Å². The molecule has 1 fully saturated rings. The van der Waals surface area contributed by atoms with Gasteiger partial charge in [-0.3, -0.25) is 10.1 Å². The lowest BCUT2D eigenvalue weighted by molar-refractivity contribution is -0.383. The van der Waals surface area contributed by atoms with Crippen LogP contribution in [0.4, 0.5) is 10.7 Å². The second-order valence-electron chi connectivity index (χ2n) is 4.84. The van der Waals surface area contributed by atoms with Crippen LogP contribution >= 0.6 is 11.3 Å². The van der Waals surface area contributed by atoms with E-state index in [2.05, 4.69) is 4.72 Å². The Bertz CT molecular complexity index is 609. The van der Waals surface area contributed by atoms with E-state index in [0.29, 0.717) is 30.3 Å². The molecule has 1 aromatic rings. The van der Waals surface area contributed by atoms with Gasteiger partial charge >= 0.3 is 5.69 Å². The summed E-state index contributed by atoms with van der Waals surface area (Å²) < 4.78 is 31.5. The molecule has 0 atom stereocenters. The van der Waals surface area contributed by atoms with Crippen molar-refractivity contribution in [2.45, 2.75) is 23.5 Å². The smallest absolute Gasteiger partial charge is 0.304 e. The molecule has 1 heterocycles. The molecule has 2 rings (SSSR count). The molecule has 0 unspecified atom stereocenters. The summed E-state index contributed by atoms with van der Waals surface area (Å²) in [5.74, 6) is 0.677. The largest absolute Gasteiger partial charge is 0.385 e. The molecule has 0 amide bonds. The van der Waals surface area contributed by atoms with Gasteiger partial charge < -0.3 is 10.5 Å². The van der Waals surface area contributed by atoms with Crippen LogP contribution in [0.25, 0.3) is 0 Å². The summed E-state index contributed by atoms with van der Waals surface area (Å²) in [4.78, 5) is 9.96. The number of nitrogens with two attached hydrogens (primary N) is 1. The predicted octanol–water partition coefficient (Wildman–Crippen LogP) is 1.33. The van der Waals surface area contributed by atoms with E-state index in [-0.39, 0.29) is 21.4 Å². The van der Waals surface area contributed by atoms with Gasteiger partial charge in [0.25, 0.3) is 0 Å². The lowest BCUT2D eigenvalue weighted by atomic mass is 10.4. The van der Waals surface area contributed by atoms with Crippen LogP contribution in [0.1, 0.15) is 19.3 Å². The lowest BCUT2D eigenvalue weighted by Crippen LogP contribution is -2.25. The third kappa shape index (κ3) is 4.63. The first-order valence-corrected chi connectivity index (χ1v) is 8.81. The molecule has 0 saturated heterocycles. The Kier molecular flexibility index (Phi) is 5.14. The van der Waals surface area contributed by atoms with Gasteiger partial charge in [-0.1, -0.05) is 11.3 Å². The Morgan fingerprint density at radius 3 is 2.81 bits per heavy atom. The van der Waals surface area contributed by atoms with Gasteiger partial charge in [0.15, 0.2) is 5.00 Å². The normalized spacial score (nSPS) is 15.2. The molecule has 0 bridgehead atoms. The van der Waals surface area contributed by atoms with Crippen LogP contribution in [-0.4, -0.2) is 33.1 Å². The highest BCUT2D eigenvalue weighted by Crippen LogP contribution is 2.34. The van der Waals surface area contributed by atoms with Crippen LogP contribution in [0.5, 0.6) is 0 Å². The van der Waals surface area contributed by atoms with E-state index in [1.54, 1.807) is 0 Å². The van der Waals surface area contributed by atoms with Crippen LogP contribution < -0.4 is 10.5 Å². The number of anilines is 1. The number of ether oxygens (including phenoxy) is 1. The van der Waals surface area contributed by atoms with Gasteiger partial charge in [0.1, 0.15) is 4.21 Å². The summed E-state index contributed by atoms with van der Waals surface area (Å²) in [5.41, 5.74) is 5.05. The van der Waals surface area contributed by atoms with Crippen molar-refractivity contribution >= 4 is 32.0 Å². The van der Waals surface area contributed by atoms with Gasteiger partial charge in [0, 0.05) is 25.8 Å². The first kappa shape index (κ1) is 16.1. The average molecular weight is 335 g/mol. The highest BCUT2D eigenvalue weighted by atomic mass is 32.2. The standard InChI is InChI=1S/C11H17N3O5S2/c12-11-9(14(15)16)6-10(20-11)21(17,18)13-4-1-5-19-7-8-2-3-8/h6,8,13H,1-5,7,12H2. The van der Waals surface area contributed by atoms with Gasteiger partial charge in [0.2, 0.25) is 10.0 Å². The average Bonchev–Trinajstić information content (AvgIpc) is 3.13. The fourth-order valence-corrected chi connectivity index (χ4v) is 3.97. The Labute approximate surface area is 126 Å². The van der Waals surface area contributed by atoms with E-state index in [1.165, 1.54) is 12.8 Å². The number of nitrogen functional groups attached to an aromatic ring is 1. The van der Waals surface area contributed by atoms with Crippen molar-refractivity contribution in [2.75, 3.05) is 25.5 Å². The van der Waals surface area contributed by atoms with Crippen LogP contribution in [0.15, 0.2) is 10.3 Å². The number of hydrogen-bond donors (Lipinski definition) is 2. The van der Waals surface area contributed by atoms with Crippen LogP contribution in [0.2, 0.25) is 0 Å². The molecule has 1 aromatic heterocycles. The molecule has 118 valence electrons. The number of nitrogens with one attached hydrogen (secondary N) is 1. The number of nitrogens with zero attached hydrogens (tertiary/aromatic N) is 1. The number of nitro groups is 1. The van der Waals surface area contributed by atoms with Gasteiger partial charge in [0.05, 0.1) is 4.92 Å². The highest BCUT2D eigenvalue weighted by molar-refractivity contribution is 7.91. The molecule has 21 heavy (non-hydrogen) atoms. The summed E-state index contributed by atoms with van der Waals surface area (Å²) in [6.07, 6.45) is 2.98. The van der Waals surface area contributed by atoms with Crippen molar-refractivity contribution in [3.05, 3.63) is 16.2 Å². The first-order valence-electron chi connectivity index (χ1n) is 6.51. The summed E-state index contributed by atoms with van der Waals surface area (Å²) in [5, 5.41) is 10.5. The van der Waals surface area contributed by atoms with Gasteiger partial charge in [-0.25, -0.2) is 13.1 Å². The predicted molar refractivity (Wildman–Crippen MR) is 78.7 cm³/mol. The molecule has 0 spiro atoms. The Hall–Kier alpha value is -1.23. The maximum absolute atomic E-state index is 12.0. The molecule has 1 saturated carbocycles. The minimum absolute atomic E-state index is 0.117. The molecule has 8 nitrogen and oxygen atoms in total. The Morgan fingerprint density at radius 2 is 2.24 bits per heavy atom. The molecule has 0 radical (unpaired) electrons. The molecule has 0 aromatic carbocycles. The van der Waals surface area contributed by atoms with E-state index in [4.69, 9.17) is 10.5 Å². The van der Waals surface area contributed by atoms with Crippen molar-refractivity contribution < 1.29 is 18.1 Å². The van der Waals surface area contributed by atoms with E-state index in [1.807, 2.05) is 0 Å². The quantitative estimate of drug-likeness (QED) is 0.398. The number of thiophene rings is 1. The zero-order valence-corrected chi connectivity index (χ0v) is 12.9. The molecule has 10 heteroatoms. The fraction of sp³-hybridized carbons (Fsp3) is 0.636. The molecule has 3 N–H and O–H groups in total. The number of sulfonamides is 1. The Morgan fingerprint density at radius 1 is 1.52 bits per heavy atom. The van der Waals surface area contributed by atoms with Gasteiger partial charge in [-0.15, -0.1) is 0 Å². The van der Waals surface area contributed by atoms with Crippen molar-refractivity contribution in [3.8, 4) is 0 Å². The summed E-state index contributed by atoms with van der Waals surface area (Å²) >= 11 is 0.685. The minimum Gasteiger partial charge on any atom is -0.385 e. The third-order valence-electron chi connectivity index (χ3n) is 2.99. The summed E-state index contributed by atoms with van der Waals surface area (Å²) in [6.45, 7) is 1.45. The number of rotatable bonds is 9. The zero-order chi connectivity index (χ0) is 15.5. The van der Waals surface area contributed by atoms with Crippen molar-refractivity contribution in [1.82, 2.24) is 4.72 Å². The van der Waals surface area contributed by atoms with E-state index < -0.39 is 14.9 Å². The molecule has 1 aliphatic rings. The second-order valence-corrected chi connectivity index (χ2v) is 7.92. The summed E-state index contributed by atoms with van der Waals surface area (Å²) in [6, 6.07) is 0.978. The molecule has 0 aliphatic heterocycles. The summed E-state index contributed by atoms with van der Waals surface area (Å²) in [7, 11) is -3.76.